The molecule has 0 fully saturated rings. The largest absolute Gasteiger partial charge is 0.309 e. The Morgan fingerprint density at radius 3 is 2.76 bits per heavy atom. The molecule has 0 saturated heterocycles. The van der Waals surface area contributed by atoms with E-state index < -0.39 is 0 Å². The minimum atomic E-state index is 0.207. The molecule has 1 nitrogen and oxygen atoms in total. The quantitative estimate of drug-likeness (QED) is 0.805. The Morgan fingerprint density at radius 1 is 1.19 bits per heavy atom. The summed E-state index contributed by atoms with van der Waals surface area (Å²) < 4.78 is 0. The van der Waals surface area contributed by atoms with Crippen LogP contribution >= 0.6 is 35.0 Å². The average Bonchev–Trinajstić information content (AvgIpc) is 2.91. The van der Waals surface area contributed by atoms with Gasteiger partial charge in [0.15, 0.2) is 0 Å². The van der Waals surface area contributed by atoms with E-state index in [4.69, 9.17) is 23.2 Å². The molecule has 1 aliphatic heterocycles. The highest BCUT2D eigenvalue weighted by Crippen LogP contribution is 2.44. The van der Waals surface area contributed by atoms with Crippen LogP contribution in [0.2, 0.25) is 10.0 Å². The molecular weight excluding hydrogens is 321 g/mol. The number of hydrogen-bond donors (Lipinski definition) is 1. The van der Waals surface area contributed by atoms with Gasteiger partial charge in [-0.3, -0.25) is 0 Å². The second-order valence-corrected chi connectivity index (χ2v) is 7.21. The third kappa shape index (κ3) is 3.09. The topological polar surface area (TPSA) is 12.0 Å². The van der Waals surface area contributed by atoms with Crippen LogP contribution in [-0.4, -0.2) is 11.8 Å². The molecule has 2 unspecified atom stereocenters. The van der Waals surface area contributed by atoms with Crippen molar-refractivity contribution in [2.75, 3.05) is 6.54 Å². The van der Waals surface area contributed by atoms with Gasteiger partial charge in [0.25, 0.3) is 0 Å². The Morgan fingerprint density at radius 2 is 2.00 bits per heavy atom. The van der Waals surface area contributed by atoms with Gasteiger partial charge in [-0.15, -0.1) is 11.8 Å². The molecule has 3 rings (SSSR count). The lowest BCUT2D eigenvalue weighted by atomic mass is 9.98. The Bertz CT molecular complexity index is 619. The zero-order valence-corrected chi connectivity index (χ0v) is 14.1. The number of fused-ring (bicyclic) bond motifs is 1. The maximum atomic E-state index is 6.43. The van der Waals surface area contributed by atoms with Crippen molar-refractivity contribution in [2.24, 2.45) is 0 Å². The summed E-state index contributed by atoms with van der Waals surface area (Å²) in [7, 11) is 0. The molecule has 1 aliphatic rings. The van der Waals surface area contributed by atoms with Crippen molar-refractivity contribution >= 4 is 35.0 Å². The number of benzene rings is 2. The Hall–Kier alpha value is -0.670. The standard InChI is InChI=1S/C17H17Cl2NS/c1-2-20-17(12-7-5-8-13(18)16(12)19)15-10-11-6-3-4-9-14(11)21-15/h3-9,15,17,20H,2,10H2,1H3. The zero-order valence-electron chi connectivity index (χ0n) is 11.8. The minimum absolute atomic E-state index is 0.207. The van der Waals surface area contributed by atoms with E-state index in [1.165, 1.54) is 10.5 Å². The van der Waals surface area contributed by atoms with Gasteiger partial charge in [0.2, 0.25) is 0 Å². The maximum Gasteiger partial charge on any atom is 0.0640 e. The summed E-state index contributed by atoms with van der Waals surface area (Å²) in [4.78, 5) is 1.38. The highest BCUT2D eigenvalue weighted by atomic mass is 35.5. The molecule has 0 saturated carbocycles. The molecule has 0 aromatic heterocycles. The Labute approximate surface area is 140 Å². The number of nitrogens with one attached hydrogen (secondary N) is 1. The minimum Gasteiger partial charge on any atom is -0.309 e. The van der Waals surface area contributed by atoms with E-state index in [-0.39, 0.29) is 6.04 Å². The normalized spacial score (nSPS) is 18.5. The molecule has 0 bridgehead atoms. The lowest BCUT2D eigenvalue weighted by Gasteiger charge is -2.25. The summed E-state index contributed by atoms with van der Waals surface area (Å²) in [6, 6.07) is 14.7. The lowest BCUT2D eigenvalue weighted by Crippen LogP contribution is -2.30. The van der Waals surface area contributed by atoms with E-state index in [2.05, 4.69) is 42.6 Å². The van der Waals surface area contributed by atoms with Gasteiger partial charge < -0.3 is 5.32 Å². The monoisotopic (exact) mass is 337 g/mol. The summed E-state index contributed by atoms with van der Waals surface area (Å²) in [6.07, 6.45) is 1.06. The van der Waals surface area contributed by atoms with Gasteiger partial charge in [-0.05, 0) is 36.2 Å². The van der Waals surface area contributed by atoms with Gasteiger partial charge in [0, 0.05) is 16.2 Å². The van der Waals surface area contributed by atoms with E-state index >= 15 is 0 Å². The van der Waals surface area contributed by atoms with Crippen LogP contribution < -0.4 is 5.32 Å². The molecule has 2 aromatic rings. The fourth-order valence-corrected chi connectivity index (χ4v) is 4.67. The molecule has 0 spiro atoms. The van der Waals surface area contributed by atoms with Crippen molar-refractivity contribution in [1.82, 2.24) is 5.32 Å². The molecule has 1 heterocycles. The van der Waals surface area contributed by atoms with Crippen molar-refractivity contribution in [3.63, 3.8) is 0 Å². The Kier molecular flexibility index (Phi) is 4.80. The maximum absolute atomic E-state index is 6.43. The van der Waals surface area contributed by atoms with Crippen LogP contribution in [0.25, 0.3) is 0 Å². The summed E-state index contributed by atoms with van der Waals surface area (Å²) in [5.41, 5.74) is 2.52. The van der Waals surface area contributed by atoms with Gasteiger partial charge in [0.1, 0.15) is 0 Å². The van der Waals surface area contributed by atoms with Gasteiger partial charge in [-0.25, -0.2) is 0 Å². The van der Waals surface area contributed by atoms with Crippen LogP contribution in [0.4, 0.5) is 0 Å². The van der Waals surface area contributed by atoms with Crippen LogP contribution in [0.3, 0.4) is 0 Å². The van der Waals surface area contributed by atoms with Crippen LogP contribution in [0, 0.1) is 0 Å². The number of thioether (sulfide) groups is 1. The predicted molar refractivity (Wildman–Crippen MR) is 92.7 cm³/mol. The molecule has 2 atom stereocenters. The first-order chi connectivity index (χ1) is 10.2. The van der Waals surface area contributed by atoms with Gasteiger partial charge in [-0.1, -0.05) is 60.5 Å². The van der Waals surface area contributed by atoms with E-state index in [0.717, 1.165) is 18.5 Å². The molecule has 1 N–H and O–H groups in total. The molecular formula is C17H17Cl2NS. The Balaban J connectivity index is 1.91. The zero-order chi connectivity index (χ0) is 14.8. The second kappa shape index (κ2) is 6.62. The van der Waals surface area contributed by atoms with Crippen molar-refractivity contribution in [3.8, 4) is 0 Å². The number of rotatable bonds is 4. The average molecular weight is 338 g/mol. The van der Waals surface area contributed by atoms with Crippen molar-refractivity contribution in [2.45, 2.75) is 29.5 Å². The third-order valence-corrected chi connectivity index (χ3v) is 6.01. The van der Waals surface area contributed by atoms with Gasteiger partial charge >= 0.3 is 0 Å². The highest BCUT2D eigenvalue weighted by molar-refractivity contribution is 8.00. The van der Waals surface area contributed by atoms with Crippen molar-refractivity contribution in [1.29, 1.82) is 0 Å². The van der Waals surface area contributed by atoms with E-state index in [1.54, 1.807) is 0 Å². The summed E-state index contributed by atoms with van der Waals surface area (Å²) >= 11 is 14.5. The second-order valence-electron chi connectivity index (χ2n) is 5.15. The molecule has 21 heavy (non-hydrogen) atoms. The first kappa shape index (κ1) is 15.2. The summed E-state index contributed by atoms with van der Waals surface area (Å²) in [5, 5.41) is 5.31. The van der Waals surface area contributed by atoms with Crippen LogP contribution in [-0.2, 0) is 6.42 Å². The SMILES string of the molecule is CCNC(c1cccc(Cl)c1Cl)C1Cc2ccccc2S1. The fraction of sp³-hybridized carbons (Fsp3) is 0.294. The smallest absolute Gasteiger partial charge is 0.0640 e. The fourth-order valence-electron chi connectivity index (χ4n) is 2.82. The number of halogens is 2. The van der Waals surface area contributed by atoms with E-state index in [9.17, 15) is 0 Å². The van der Waals surface area contributed by atoms with Crippen LogP contribution in [0.1, 0.15) is 24.1 Å². The third-order valence-electron chi connectivity index (χ3n) is 3.78. The molecule has 110 valence electrons. The van der Waals surface area contributed by atoms with E-state index in [0.29, 0.717) is 15.3 Å². The lowest BCUT2D eigenvalue weighted by molar-refractivity contribution is 0.532. The molecule has 2 aromatic carbocycles. The predicted octanol–water partition coefficient (Wildman–Crippen LogP) is 5.36. The summed E-state index contributed by atoms with van der Waals surface area (Å²) in [5.74, 6) is 0. The van der Waals surface area contributed by atoms with Gasteiger partial charge in [0.05, 0.1) is 10.0 Å². The summed E-state index contributed by atoms with van der Waals surface area (Å²) in [6.45, 7) is 3.03. The molecule has 0 amide bonds. The first-order valence-electron chi connectivity index (χ1n) is 7.12. The van der Waals surface area contributed by atoms with E-state index in [1.807, 2.05) is 23.9 Å². The van der Waals surface area contributed by atoms with Crippen molar-refractivity contribution < 1.29 is 0 Å². The molecule has 0 radical (unpaired) electrons. The van der Waals surface area contributed by atoms with Crippen LogP contribution in [0.5, 0.6) is 0 Å². The van der Waals surface area contributed by atoms with Crippen molar-refractivity contribution in [3.05, 3.63) is 63.6 Å². The van der Waals surface area contributed by atoms with Gasteiger partial charge in [-0.2, -0.15) is 0 Å². The highest BCUT2D eigenvalue weighted by Gasteiger charge is 2.31. The first-order valence-corrected chi connectivity index (χ1v) is 8.76. The number of hydrogen-bond acceptors (Lipinski definition) is 2. The molecule has 4 heteroatoms. The molecule has 0 aliphatic carbocycles. The van der Waals surface area contributed by atoms with Crippen LogP contribution in [0.15, 0.2) is 47.4 Å².